The Morgan fingerprint density at radius 2 is 1.50 bits per heavy atom. The standard InChI is InChI=1S/C18H37NO/c1-4-6-8-10-18(11-9-7-5-2)19-16(3)17-12-14-20-15-13-17/h16-19H,4-15H2,1-3H3. The first-order valence-corrected chi connectivity index (χ1v) is 9.11. The van der Waals surface area contributed by atoms with Gasteiger partial charge in [0.2, 0.25) is 0 Å². The molecule has 0 spiro atoms. The maximum absolute atomic E-state index is 5.49. The van der Waals surface area contributed by atoms with E-state index in [-0.39, 0.29) is 0 Å². The van der Waals surface area contributed by atoms with Crippen molar-refractivity contribution in [3.63, 3.8) is 0 Å². The molecule has 1 aliphatic rings. The van der Waals surface area contributed by atoms with Crippen LogP contribution in [0.4, 0.5) is 0 Å². The number of unbranched alkanes of at least 4 members (excludes halogenated alkanes) is 4. The van der Waals surface area contributed by atoms with Gasteiger partial charge < -0.3 is 10.1 Å². The molecule has 2 nitrogen and oxygen atoms in total. The van der Waals surface area contributed by atoms with Gasteiger partial charge in [0, 0.05) is 25.3 Å². The third-order valence-corrected chi connectivity index (χ3v) is 4.78. The molecule has 0 amide bonds. The Balaban J connectivity index is 2.31. The zero-order valence-electron chi connectivity index (χ0n) is 14.1. The molecule has 0 saturated carbocycles. The highest BCUT2D eigenvalue weighted by Gasteiger charge is 2.22. The highest BCUT2D eigenvalue weighted by molar-refractivity contribution is 4.79. The van der Waals surface area contributed by atoms with E-state index in [1.807, 2.05) is 0 Å². The quantitative estimate of drug-likeness (QED) is 0.543. The Labute approximate surface area is 127 Å². The Kier molecular flexibility index (Phi) is 10.4. The van der Waals surface area contributed by atoms with Gasteiger partial charge in [-0.2, -0.15) is 0 Å². The van der Waals surface area contributed by atoms with Crippen LogP contribution in [-0.2, 0) is 4.74 Å². The summed E-state index contributed by atoms with van der Waals surface area (Å²) in [6.07, 6.45) is 13.4. The lowest BCUT2D eigenvalue weighted by Gasteiger charge is -2.32. The van der Waals surface area contributed by atoms with E-state index in [9.17, 15) is 0 Å². The average Bonchev–Trinajstić information content (AvgIpc) is 2.48. The summed E-state index contributed by atoms with van der Waals surface area (Å²) in [6, 6.07) is 1.40. The van der Waals surface area contributed by atoms with Gasteiger partial charge >= 0.3 is 0 Å². The fourth-order valence-corrected chi connectivity index (χ4v) is 3.32. The lowest BCUT2D eigenvalue weighted by Crippen LogP contribution is -2.42. The molecule has 0 bridgehead atoms. The number of rotatable bonds is 11. The molecule has 0 aliphatic carbocycles. The van der Waals surface area contributed by atoms with Crippen LogP contribution < -0.4 is 5.32 Å². The summed E-state index contributed by atoms with van der Waals surface area (Å²) in [5, 5.41) is 3.95. The van der Waals surface area contributed by atoms with Gasteiger partial charge in [-0.05, 0) is 38.5 Å². The number of hydrogen-bond acceptors (Lipinski definition) is 2. The zero-order valence-corrected chi connectivity index (χ0v) is 14.1. The summed E-state index contributed by atoms with van der Waals surface area (Å²) in [5.41, 5.74) is 0. The maximum Gasteiger partial charge on any atom is 0.0469 e. The van der Waals surface area contributed by atoms with Crippen LogP contribution in [0.15, 0.2) is 0 Å². The molecule has 0 aromatic rings. The van der Waals surface area contributed by atoms with Crippen LogP contribution in [0.25, 0.3) is 0 Å². The summed E-state index contributed by atoms with van der Waals surface area (Å²) in [5.74, 6) is 0.823. The summed E-state index contributed by atoms with van der Waals surface area (Å²) in [4.78, 5) is 0. The van der Waals surface area contributed by atoms with Crippen LogP contribution in [0.3, 0.4) is 0 Å². The molecule has 1 heterocycles. The van der Waals surface area contributed by atoms with Gasteiger partial charge in [0.05, 0.1) is 0 Å². The van der Waals surface area contributed by atoms with Crippen molar-refractivity contribution in [3.05, 3.63) is 0 Å². The van der Waals surface area contributed by atoms with E-state index in [1.54, 1.807) is 0 Å². The van der Waals surface area contributed by atoms with Gasteiger partial charge in [-0.3, -0.25) is 0 Å². The van der Waals surface area contributed by atoms with E-state index >= 15 is 0 Å². The first-order chi connectivity index (χ1) is 9.77. The van der Waals surface area contributed by atoms with Gasteiger partial charge in [-0.15, -0.1) is 0 Å². The highest BCUT2D eigenvalue weighted by atomic mass is 16.5. The van der Waals surface area contributed by atoms with Gasteiger partial charge in [-0.25, -0.2) is 0 Å². The van der Waals surface area contributed by atoms with Crippen molar-refractivity contribution in [1.82, 2.24) is 5.32 Å². The van der Waals surface area contributed by atoms with Crippen LogP contribution >= 0.6 is 0 Å². The fourth-order valence-electron chi connectivity index (χ4n) is 3.32. The Hall–Kier alpha value is -0.0800. The zero-order chi connectivity index (χ0) is 14.6. The van der Waals surface area contributed by atoms with E-state index in [4.69, 9.17) is 4.74 Å². The van der Waals surface area contributed by atoms with E-state index < -0.39 is 0 Å². The SMILES string of the molecule is CCCCCC(CCCCC)NC(C)C1CCOCC1. The Morgan fingerprint density at radius 1 is 0.950 bits per heavy atom. The predicted molar refractivity (Wildman–Crippen MR) is 88.2 cm³/mol. The maximum atomic E-state index is 5.49. The molecule has 1 N–H and O–H groups in total. The van der Waals surface area contributed by atoms with Crippen molar-refractivity contribution >= 4 is 0 Å². The Morgan fingerprint density at radius 3 is 2.00 bits per heavy atom. The second-order valence-corrected chi connectivity index (χ2v) is 6.59. The van der Waals surface area contributed by atoms with Crippen molar-refractivity contribution in [2.75, 3.05) is 13.2 Å². The average molecular weight is 284 g/mol. The van der Waals surface area contributed by atoms with Crippen LogP contribution in [-0.4, -0.2) is 25.3 Å². The number of nitrogens with one attached hydrogen (secondary N) is 1. The van der Waals surface area contributed by atoms with Gasteiger partial charge in [0.15, 0.2) is 0 Å². The van der Waals surface area contributed by atoms with Gasteiger partial charge in [0.1, 0.15) is 0 Å². The first kappa shape index (κ1) is 18.0. The molecule has 20 heavy (non-hydrogen) atoms. The number of hydrogen-bond donors (Lipinski definition) is 1. The largest absolute Gasteiger partial charge is 0.381 e. The monoisotopic (exact) mass is 283 g/mol. The van der Waals surface area contributed by atoms with Crippen molar-refractivity contribution < 1.29 is 4.74 Å². The highest BCUT2D eigenvalue weighted by Crippen LogP contribution is 2.20. The molecule has 0 radical (unpaired) electrons. The van der Waals surface area contributed by atoms with Gasteiger partial charge in [-0.1, -0.05) is 52.4 Å². The first-order valence-electron chi connectivity index (χ1n) is 9.11. The molecular weight excluding hydrogens is 246 g/mol. The van der Waals surface area contributed by atoms with Gasteiger partial charge in [0.25, 0.3) is 0 Å². The molecule has 1 fully saturated rings. The van der Waals surface area contributed by atoms with Crippen LogP contribution in [0.5, 0.6) is 0 Å². The third kappa shape index (κ3) is 7.64. The number of ether oxygens (including phenoxy) is 1. The smallest absolute Gasteiger partial charge is 0.0469 e. The molecule has 2 heteroatoms. The van der Waals surface area contributed by atoms with E-state index in [2.05, 4.69) is 26.1 Å². The molecular formula is C18H37NO. The summed E-state index contributed by atoms with van der Waals surface area (Å²) >= 11 is 0. The Bertz CT molecular complexity index is 203. The van der Waals surface area contributed by atoms with E-state index in [0.717, 1.165) is 25.2 Å². The summed E-state index contributed by atoms with van der Waals surface area (Å²) in [6.45, 7) is 8.91. The van der Waals surface area contributed by atoms with Crippen LogP contribution in [0.1, 0.15) is 85.0 Å². The second-order valence-electron chi connectivity index (χ2n) is 6.59. The fraction of sp³-hybridized carbons (Fsp3) is 1.00. The van der Waals surface area contributed by atoms with Crippen molar-refractivity contribution in [2.24, 2.45) is 5.92 Å². The lowest BCUT2D eigenvalue weighted by atomic mass is 9.91. The van der Waals surface area contributed by atoms with Crippen LogP contribution in [0, 0.1) is 5.92 Å². The van der Waals surface area contributed by atoms with Crippen molar-refractivity contribution in [1.29, 1.82) is 0 Å². The van der Waals surface area contributed by atoms with E-state index in [0.29, 0.717) is 6.04 Å². The topological polar surface area (TPSA) is 21.3 Å². The summed E-state index contributed by atoms with van der Waals surface area (Å²) < 4.78 is 5.49. The molecule has 1 rings (SSSR count). The molecule has 1 unspecified atom stereocenters. The minimum atomic E-state index is 0.659. The molecule has 0 aromatic heterocycles. The van der Waals surface area contributed by atoms with Crippen molar-refractivity contribution in [3.8, 4) is 0 Å². The normalized spacial score (nSPS) is 18.6. The second kappa shape index (κ2) is 11.6. The van der Waals surface area contributed by atoms with Crippen LogP contribution in [0.2, 0.25) is 0 Å². The lowest BCUT2D eigenvalue weighted by molar-refractivity contribution is 0.0539. The molecule has 120 valence electrons. The predicted octanol–water partition coefficient (Wildman–Crippen LogP) is 4.92. The molecule has 1 saturated heterocycles. The minimum Gasteiger partial charge on any atom is -0.381 e. The minimum absolute atomic E-state index is 0.659. The summed E-state index contributed by atoms with van der Waals surface area (Å²) in [7, 11) is 0. The third-order valence-electron chi connectivity index (χ3n) is 4.78. The molecule has 1 aliphatic heterocycles. The van der Waals surface area contributed by atoms with E-state index in [1.165, 1.54) is 64.2 Å². The van der Waals surface area contributed by atoms with Crippen molar-refractivity contribution in [2.45, 2.75) is 97.1 Å². The molecule has 0 aromatic carbocycles. The molecule has 1 atom stereocenters.